The third kappa shape index (κ3) is 3.85. The maximum Gasteiger partial charge on any atom is 0.267 e. The van der Waals surface area contributed by atoms with E-state index in [1.807, 2.05) is 84.4 Å². The van der Waals surface area contributed by atoms with E-state index in [2.05, 4.69) is 23.3 Å². The van der Waals surface area contributed by atoms with Crippen LogP contribution in [-0.2, 0) is 0 Å². The summed E-state index contributed by atoms with van der Waals surface area (Å²) in [6.07, 6.45) is 4.00. The summed E-state index contributed by atoms with van der Waals surface area (Å²) in [5.41, 5.74) is 6.35. The fraction of sp³-hybridized carbons (Fsp3) is 0.0800. The van der Waals surface area contributed by atoms with E-state index in [9.17, 15) is 4.79 Å². The Morgan fingerprint density at radius 3 is 2.58 bits per heavy atom. The minimum Gasteiger partial charge on any atom is -0.321 e. The number of carbonyl (C=O) groups is 1. The summed E-state index contributed by atoms with van der Waals surface area (Å²) in [5.74, 6) is -0.153. The van der Waals surface area contributed by atoms with Crippen molar-refractivity contribution in [3.63, 3.8) is 0 Å². The number of fused-ring (bicyclic) bond motifs is 1. The number of anilines is 1. The predicted octanol–water partition coefficient (Wildman–Crippen LogP) is 5.99. The predicted molar refractivity (Wildman–Crippen MR) is 126 cm³/mol. The van der Waals surface area contributed by atoms with E-state index in [0.29, 0.717) is 4.88 Å². The van der Waals surface area contributed by atoms with Gasteiger partial charge in [0.1, 0.15) is 15.5 Å². The van der Waals surface area contributed by atoms with E-state index >= 15 is 0 Å². The molecule has 0 aliphatic carbocycles. The molecule has 3 aromatic heterocycles. The van der Waals surface area contributed by atoms with Crippen LogP contribution in [0.1, 0.15) is 20.9 Å². The van der Waals surface area contributed by atoms with Gasteiger partial charge in [-0.15, -0.1) is 11.3 Å². The highest BCUT2D eigenvalue weighted by Gasteiger charge is 2.17. The van der Waals surface area contributed by atoms with Crippen LogP contribution < -0.4 is 5.32 Å². The summed E-state index contributed by atoms with van der Waals surface area (Å²) < 4.78 is 2.00. The van der Waals surface area contributed by atoms with E-state index < -0.39 is 0 Å². The first kappa shape index (κ1) is 19.2. The Labute approximate surface area is 184 Å². The van der Waals surface area contributed by atoms with Crippen LogP contribution in [0, 0.1) is 13.8 Å². The van der Waals surface area contributed by atoms with Crippen LogP contribution >= 0.6 is 11.3 Å². The van der Waals surface area contributed by atoms with Gasteiger partial charge in [-0.3, -0.25) is 4.79 Å². The quantitative estimate of drug-likeness (QED) is 0.385. The normalized spacial score (nSPS) is 11.0. The summed E-state index contributed by atoms with van der Waals surface area (Å²) in [6.45, 7) is 3.92. The van der Waals surface area contributed by atoms with E-state index in [-0.39, 0.29) is 5.91 Å². The molecule has 1 amide bonds. The molecule has 0 saturated heterocycles. The van der Waals surface area contributed by atoms with Crippen LogP contribution in [0.25, 0.3) is 27.5 Å². The lowest BCUT2D eigenvalue weighted by Gasteiger charge is -2.05. The van der Waals surface area contributed by atoms with Crippen molar-refractivity contribution in [3.05, 3.63) is 95.3 Å². The molecule has 0 aliphatic rings. The highest BCUT2D eigenvalue weighted by Crippen LogP contribution is 2.29. The van der Waals surface area contributed by atoms with Gasteiger partial charge in [-0.25, -0.2) is 9.97 Å². The van der Waals surface area contributed by atoms with E-state index in [1.165, 1.54) is 16.9 Å². The summed E-state index contributed by atoms with van der Waals surface area (Å²) in [4.78, 5) is 22.9. The van der Waals surface area contributed by atoms with Gasteiger partial charge < -0.3 is 9.72 Å². The van der Waals surface area contributed by atoms with Gasteiger partial charge in [-0.2, -0.15) is 0 Å². The SMILES string of the molecule is Cc1ccn2cc(-c3cccc(NC(=O)c4sc(-c5ccccc5)nc4C)c3)nc2c1. The minimum absolute atomic E-state index is 0.153. The molecule has 0 radical (unpaired) electrons. The van der Waals surface area contributed by atoms with Crippen molar-refractivity contribution in [2.75, 3.05) is 5.32 Å². The number of benzene rings is 2. The topological polar surface area (TPSA) is 59.3 Å². The van der Waals surface area contributed by atoms with E-state index in [0.717, 1.165) is 38.9 Å². The number of aryl methyl sites for hydroxylation is 2. The zero-order valence-corrected chi connectivity index (χ0v) is 18.0. The maximum atomic E-state index is 12.9. The number of amides is 1. The molecule has 0 spiro atoms. The number of rotatable bonds is 4. The smallest absolute Gasteiger partial charge is 0.267 e. The molecular weight excluding hydrogens is 404 g/mol. The molecule has 0 unspecified atom stereocenters. The second kappa shape index (κ2) is 7.81. The number of nitrogens with zero attached hydrogens (tertiary/aromatic N) is 3. The summed E-state index contributed by atoms with van der Waals surface area (Å²) in [6, 6.07) is 21.8. The van der Waals surface area contributed by atoms with Crippen molar-refractivity contribution in [1.29, 1.82) is 0 Å². The van der Waals surface area contributed by atoms with Gasteiger partial charge in [0.25, 0.3) is 5.91 Å². The Hall–Kier alpha value is -3.77. The third-order valence-electron chi connectivity index (χ3n) is 5.06. The summed E-state index contributed by atoms with van der Waals surface area (Å²) in [5, 5.41) is 3.86. The average Bonchev–Trinajstić information content (AvgIpc) is 3.38. The Bertz CT molecular complexity index is 1400. The first-order valence-electron chi connectivity index (χ1n) is 9.97. The Balaban J connectivity index is 1.40. The number of hydrogen-bond acceptors (Lipinski definition) is 4. The number of carbonyl (C=O) groups excluding carboxylic acids is 1. The van der Waals surface area contributed by atoms with E-state index in [1.54, 1.807) is 0 Å². The zero-order chi connectivity index (χ0) is 21.4. The lowest BCUT2D eigenvalue weighted by molar-refractivity contribution is 0.103. The molecule has 2 aromatic carbocycles. The van der Waals surface area contributed by atoms with Crippen molar-refractivity contribution >= 4 is 28.6 Å². The molecule has 0 saturated carbocycles. The first-order chi connectivity index (χ1) is 15.1. The third-order valence-corrected chi connectivity index (χ3v) is 6.26. The Morgan fingerprint density at radius 1 is 0.935 bits per heavy atom. The van der Waals surface area contributed by atoms with Crippen molar-refractivity contribution < 1.29 is 4.79 Å². The molecule has 0 fully saturated rings. The number of hydrogen-bond donors (Lipinski definition) is 1. The number of aromatic nitrogens is 3. The molecule has 0 aliphatic heterocycles. The zero-order valence-electron chi connectivity index (χ0n) is 17.2. The lowest BCUT2D eigenvalue weighted by atomic mass is 10.1. The van der Waals surface area contributed by atoms with Gasteiger partial charge in [-0.1, -0.05) is 42.5 Å². The van der Waals surface area contributed by atoms with Gasteiger partial charge in [0.2, 0.25) is 0 Å². The molecule has 0 bridgehead atoms. The number of pyridine rings is 1. The minimum atomic E-state index is -0.153. The van der Waals surface area contributed by atoms with Gasteiger partial charge in [0.15, 0.2) is 0 Å². The van der Waals surface area contributed by atoms with Crippen molar-refractivity contribution in [3.8, 4) is 21.8 Å². The van der Waals surface area contributed by atoms with Crippen LogP contribution in [0.15, 0.2) is 79.1 Å². The lowest BCUT2D eigenvalue weighted by Crippen LogP contribution is -2.11. The molecular formula is C25H20N4OS. The molecule has 6 heteroatoms. The fourth-order valence-electron chi connectivity index (χ4n) is 3.48. The largest absolute Gasteiger partial charge is 0.321 e. The van der Waals surface area contributed by atoms with E-state index in [4.69, 9.17) is 4.98 Å². The molecule has 5 aromatic rings. The number of imidazole rings is 1. The van der Waals surface area contributed by atoms with Gasteiger partial charge in [0.05, 0.1) is 11.4 Å². The maximum absolute atomic E-state index is 12.9. The second-order valence-corrected chi connectivity index (χ2v) is 8.43. The molecule has 1 N–H and O–H groups in total. The summed E-state index contributed by atoms with van der Waals surface area (Å²) in [7, 11) is 0. The first-order valence-corrected chi connectivity index (χ1v) is 10.8. The molecule has 31 heavy (non-hydrogen) atoms. The fourth-order valence-corrected chi connectivity index (χ4v) is 4.45. The van der Waals surface area contributed by atoms with Crippen molar-refractivity contribution in [1.82, 2.24) is 14.4 Å². The standard InChI is InChI=1S/C25H20N4OS/c1-16-11-12-29-15-21(28-22(29)13-16)19-9-6-10-20(14-19)27-24(30)23-17(2)26-25(31-23)18-7-4-3-5-8-18/h3-15H,1-2H3,(H,27,30). The molecule has 152 valence electrons. The second-order valence-electron chi connectivity index (χ2n) is 7.43. The Kier molecular flexibility index (Phi) is 4.84. The molecule has 5 nitrogen and oxygen atoms in total. The van der Waals surface area contributed by atoms with Gasteiger partial charge in [0, 0.05) is 29.2 Å². The number of nitrogens with one attached hydrogen (secondary N) is 1. The van der Waals surface area contributed by atoms with Crippen LogP contribution in [-0.4, -0.2) is 20.3 Å². The average molecular weight is 425 g/mol. The van der Waals surface area contributed by atoms with Crippen LogP contribution in [0.5, 0.6) is 0 Å². The highest BCUT2D eigenvalue weighted by molar-refractivity contribution is 7.17. The van der Waals surface area contributed by atoms with Crippen molar-refractivity contribution in [2.24, 2.45) is 0 Å². The van der Waals surface area contributed by atoms with Crippen molar-refractivity contribution in [2.45, 2.75) is 13.8 Å². The number of thiazole rings is 1. The monoisotopic (exact) mass is 424 g/mol. The van der Waals surface area contributed by atoms with Gasteiger partial charge >= 0.3 is 0 Å². The van der Waals surface area contributed by atoms with Crippen LogP contribution in [0.3, 0.4) is 0 Å². The molecule has 3 heterocycles. The molecule has 0 atom stereocenters. The van der Waals surface area contributed by atoms with Crippen LogP contribution in [0.4, 0.5) is 5.69 Å². The van der Waals surface area contributed by atoms with Crippen LogP contribution in [0.2, 0.25) is 0 Å². The van der Waals surface area contributed by atoms with Gasteiger partial charge in [-0.05, 0) is 43.7 Å². The highest BCUT2D eigenvalue weighted by atomic mass is 32.1. The summed E-state index contributed by atoms with van der Waals surface area (Å²) >= 11 is 1.41. The Morgan fingerprint density at radius 2 is 1.74 bits per heavy atom. The molecule has 5 rings (SSSR count).